The number of nitrogens with zero attached hydrogens (tertiary/aromatic N) is 1. The van der Waals surface area contributed by atoms with Gasteiger partial charge in [0.2, 0.25) is 0 Å². The zero-order chi connectivity index (χ0) is 18.9. The number of rotatable bonds is 3. The van der Waals surface area contributed by atoms with Crippen molar-refractivity contribution in [2.75, 3.05) is 11.4 Å². The van der Waals surface area contributed by atoms with Gasteiger partial charge in [0.25, 0.3) is 0 Å². The number of hydrogen-bond acceptors (Lipinski definition) is 3. The van der Waals surface area contributed by atoms with Gasteiger partial charge in [-0.1, -0.05) is 36.1 Å². The molecule has 0 atom stereocenters. The summed E-state index contributed by atoms with van der Waals surface area (Å²) in [5, 5.41) is 8.91. The molecule has 3 rings (SSSR count). The van der Waals surface area contributed by atoms with Crippen molar-refractivity contribution in [2.24, 2.45) is 0 Å². The molecule has 0 spiro atoms. The van der Waals surface area contributed by atoms with Crippen LogP contribution < -0.4 is 4.90 Å². The fourth-order valence-corrected chi connectivity index (χ4v) is 3.81. The van der Waals surface area contributed by atoms with Crippen LogP contribution in [0.25, 0.3) is 6.08 Å². The number of carboxylic acid groups (broad SMARTS) is 1. The van der Waals surface area contributed by atoms with Gasteiger partial charge in [0.05, 0.1) is 17.7 Å². The van der Waals surface area contributed by atoms with Crippen LogP contribution in [-0.4, -0.2) is 21.9 Å². The molecule has 0 unspecified atom stereocenters. The first-order valence-electron chi connectivity index (χ1n) is 7.44. The van der Waals surface area contributed by atoms with Crippen molar-refractivity contribution in [3.8, 4) is 0 Å². The maximum Gasteiger partial charge on any atom is 0.416 e. The van der Waals surface area contributed by atoms with Gasteiger partial charge < -0.3 is 10.0 Å². The number of thioether (sulfide) groups is 1. The molecule has 1 heterocycles. The number of anilines is 1. The summed E-state index contributed by atoms with van der Waals surface area (Å²) < 4.78 is 38.6. The van der Waals surface area contributed by atoms with Crippen LogP contribution in [-0.2, 0) is 6.18 Å². The highest BCUT2D eigenvalue weighted by Crippen LogP contribution is 2.36. The second kappa shape index (κ2) is 7.13. The monoisotopic (exact) mass is 395 g/mol. The summed E-state index contributed by atoms with van der Waals surface area (Å²) >= 11 is 6.69. The molecule has 1 aliphatic rings. The third-order valence-electron chi connectivity index (χ3n) is 3.74. The van der Waals surface area contributed by atoms with E-state index in [9.17, 15) is 18.0 Å². The highest BCUT2D eigenvalue weighted by atomic mass is 32.2. The molecule has 3 nitrogen and oxygen atoms in total. The quantitative estimate of drug-likeness (QED) is 0.716. The lowest BCUT2D eigenvalue weighted by atomic mass is 10.1. The second-order valence-electron chi connectivity index (χ2n) is 5.54. The molecule has 1 fully saturated rings. The first-order valence-corrected chi connectivity index (χ1v) is 8.67. The molecule has 0 bridgehead atoms. The molecule has 0 amide bonds. The Labute approximate surface area is 157 Å². The predicted molar refractivity (Wildman–Crippen MR) is 100 cm³/mol. The normalized spacial score (nSPS) is 16.3. The first kappa shape index (κ1) is 18.5. The van der Waals surface area contributed by atoms with E-state index in [-0.39, 0.29) is 5.56 Å². The van der Waals surface area contributed by atoms with Gasteiger partial charge in [0.15, 0.2) is 0 Å². The summed E-state index contributed by atoms with van der Waals surface area (Å²) in [5.74, 6) is -0.992. The smallest absolute Gasteiger partial charge is 0.416 e. The molecule has 0 aliphatic carbocycles. The zero-order valence-corrected chi connectivity index (χ0v) is 14.8. The molecule has 1 saturated heterocycles. The number of benzene rings is 2. The van der Waals surface area contributed by atoms with E-state index in [0.717, 1.165) is 22.6 Å². The number of alkyl halides is 3. The molecule has 1 aliphatic heterocycles. The van der Waals surface area contributed by atoms with Gasteiger partial charge in [0, 0.05) is 10.6 Å². The van der Waals surface area contributed by atoms with Gasteiger partial charge in [-0.25, -0.2) is 4.79 Å². The summed E-state index contributed by atoms with van der Waals surface area (Å²) in [6, 6.07) is 11.3. The summed E-state index contributed by atoms with van der Waals surface area (Å²) in [6.07, 6.45) is -2.49. The van der Waals surface area contributed by atoms with E-state index in [2.05, 4.69) is 0 Å². The van der Waals surface area contributed by atoms with E-state index in [0.29, 0.717) is 16.6 Å². The minimum absolute atomic E-state index is 0.202. The maximum atomic E-state index is 12.7. The lowest BCUT2D eigenvalue weighted by molar-refractivity contribution is -0.137. The Morgan fingerprint density at radius 2 is 1.73 bits per heavy atom. The fourth-order valence-electron chi connectivity index (χ4n) is 2.43. The number of halogens is 3. The van der Waals surface area contributed by atoms with Crippen LogP contribution in [0.15, 0.2) is 53.4 Å². The minimum Gasteiger partial charge on any atom is -0.478 e. The zero-order valence-electron chi connectivity index (χ0n) is 13.2. The SMILES string of the molecule is O=C(O)c1ccc(/C=C2/CN(c3ccc(C(F)(F)F)cc3)C(=S)S2)cc1. The number of carboxylic acids is 1. The Hall–Kier alpha value is -2.32. The number of hydrogen-bond donors (Lipinski definition) is 1. The van der Waals surface area contributed by atoms with Gasteiger partial charge in [-0.15, -0.1) is 0 Å². The van der Waals surface area contributed by atoms with Crippen molar-refractivity contribution in [2.45, 2.75) is 6.18 Å². The van der Waals surface area contributed by atoms with E-state index in [1.54, 1.807) is 17.0 Å². The van der Waals surface area contributed by atoms with Crippen molar-refractivity contribution in [3.63, 3.8) is 0 Å². The molecule has 0 aromatic heterocycles. The van der Waals surface area contributed by atoms with Crippen molar-refractivity contribution in [1.82, 2.24) is 0 Å². The average Bonchev–Trinajstić information content (AvgIpc) is 2.95. The summed E-state index contributed by atoms with van der Waals surface area (Å²) in [5.41, 5.74) is 0.927. The molecule has 0 saturated carbocycles. The Morgan fingerprint density at radius 3 is 2.27 bits per heavy atom. The van der Waals surface area contributed by atoms with E-state index in [4.69, 9.17) is 17.3 Å². The maximum absolute atomic E-state index is 12.7. The number of carbonyl (C=O) groups is 1. The van der Waals surface area contributed by atoms with Gasteiger partial charge >= 0.3 is 12.1 Å². The molecule has 26 heavy (non-hydrogen) atoms. The number of thiocarbonyl (C=S) groups is 1. The van der Waals surface area contributed by atoms with Gasteiger partial charge in [0.1, 0.15) is 4.32 Å². The largest absolute Gasteiger partial charge is 0.478 e. The van der Waals surface area contributed by atoms with Crippen LogP contribution in [0.2, 0.25) is 0 Å². The van der Waals surface area contributed by atoms with Crippen LogP contribution in [0.3, 0.4) is 0 Å². The Balaban J connectivity index is 1.77. The van der Waals surface area contributed by atoms with Crippen LogP contribution in [0, 0.1) is 0 Å². The molecule has 2 aromatic carbocycles. The third-order valence-corrected chi connectivity index (χ3v) is 5.12. The fraction of sp³-hybridized carbons (Fsp3) is 0.111. The van der Waals surface area contributed by atoms with E-state index in [1.807, 2.05) is 6.08 Å². The van der Waals surface area contributed by atoms with Crippen LogP contribution >= 0.6 is 24.0 Å². The third kappa shape index (κ3) is 4.08. The Bertz CT molecular complexity index is 875. The first-order chi connectivity index (χ1) is 12.2. The van der Waals surface area contributed by atoms with Crippen molar-refractivity contribution in [3.05, 3.63) is 70.1 Å². The lowest BCUT2D eigenvalue weighted by Crippen LogP contribution is -2.21. The van der Waals surface area contributed by atoms with E-state index >= 15 is 0 Å². The molecule has 8 heteroatoms. The Morgan fingerprint density at radius 1 is 1.12 bits per heavy atom. The van der Waals surface area contributed by atoms with Crippen LogP contribution in [0.1, 0.15) is 21.5 Å². The summed E-state index contributed by atoms with van der Waals surface area (Å²) in [6.45, 7) is 0.454. The van der Waals surface area contributed by atoms with Crippen LogP contribution in [0.4, 0.5) is 18.9 Å². The standard InChI is InChI=1S/C18H12F3NO2S2/c19-18(20,21)13-5-7-14(8-6-13)22-10-15(26-17(22)25)9-11-1-3-12(4-2-11)16(23)24/h1-9H,10H2,(H,23,24)/b15-9-. The number of aromatic carboxylic acids is 1. The second-order valence-corrected chi connectivity index (χ2v) is 7.30. The highest BCUT2D eigenvalue weighted by molar-refractivity contribution is 8.26. The lowest BCUT2D eigenvalue weighted by Gasteiger charge is -2.17. The van der Waals surface area contributed by atoms with Gasteiger partial charge in [-0.2, -0.15) is 13.2 Å². The van der Waals surface area contributed by atoms with Crippen molar-refractivity contribution in [1.29, 1.82) is 0 Å². The topological polar surface area (TPSA) is 40.5 Å². The van der Waals surface area contributed by atoms with Crippen LogP contribution in [0.5, 0.6) is 0 Å². The average molecular weight is 395 g/mol. The summed E-state index contributed by atoms with van der Waals surface area (Å²) in [7, 11) is 0. The summed E-state index contributed by atoms with van der Waals surface area (Å²) in [4.78, 5) is 13.6. The van der Waals surface area contributed by atoms with E-state index in [1.165, 1.54) is 36.0 Å². The van der Waals surface area contributed by atoms with Crippen molar-refractivity contribution >= 4 is 46.0 Å². The van der Waals surface area contributed by atoms with Gasteiger partial charge in [-0.05, 0) is 48.0 Å². The molecule has 2 aromatic rings. The predicted octanol–water partition coefficient (Wildman–Crippen LogP) is 5.28. The van der Waals surface area contributed by atoms with Gasteiger partial charge in [-0.3, -0.25) is 0 Å². The molecular formula is C18H12F3NO2S2. The highest BCUT2D eigenvalue weighted by Gasteiger charge is 2.31. The Kier molecular flexibility index (Phi) is 5.06. The molecule has 1 N–H and O–H groups in total. The molecule has 134 valence electrons. The van der Waals surface area contributed by atoms with E-state index < -0.39 is 17.7 Å². The molecular weight excluding hydrogens is 383 g/mol. The minimum atomic E-state index is -4.37. The van der Waals surface area contributed by atoms with Crippen molar-refractivity contribution < 1.29 is 23.1 Å². The molecule has 0 radical (unpaired) electrons.